The predicted molar refractivity (Wildman–Crippen MR) is 81.8 cm³/mol. The van der Waals surface area contributed by atoms with Crippen LogP contribution >= 0.6 is 0 Å². The summed E-state index contributed by atoms with van der Waals surface area (Å²) in [4.78, 5) is 10.8. The molecule has 3 heteroatoms. The number of hydrogen-bond acceptors (Lipinski definition) is 2. The van der Waals surface area contributed by atoms with Gasteiger partial charge in [0.15, 0.2) is 0 Å². The molecule has 1 saturated carbocycles. The summed E-state index contributed by atoms with van der Waals surface area (Å²) < 4.78 is 0. The van der Waals surface area contributed by atoms with Crippen LogP contribution in [0.5, 0.6) is 0 Å². The minimum absolute atomic E-state index is 0.738. The van der Waals surface area contributed by atoms with Crippen molar-refractivity contribution in [2.75, 3.05) is 13.1 Å². The van der Waals surface area contributed by atoms with Crippen molar-refractivity contribution < 1.29 is 0 Å². The van der Waals surface area contributed by atoms with Gasteiger partial charge in [-0.05, 0) is 62.4 Å². The Morgan fingerprint density at radius 1 is 1.15 bits per heavy atom. The largest absolute Gasteiger partial charge is 0.343 e. The summed E-state index contributed by atoms with van der Waals surface area (Å²) in [5, 5.41) is 1.35. The minimum atomic E-state index is 0.738. The molecular weight excluding hydrogens is 246 g/mol. The Kier molecular flexibility index (Phi) is 3.23. The van der Waals surface area contributed by atoms with E-state index in [-0.39, 0.29) is 0 Å². The van der Waals surface area contributed by atoms with E-state index in [2.05, 4.69) is 27.0 Å². The molecule has 1 saturated heterocycles. The van der Waals surface area contributed by atoms with Gasteiger partial charge >= 0.3 is 0 Å². The Morgan fingerprint density at radius 2 is 1.95 bits per heavy atom. The number of fused-ring (bicyclic) bond motifs is 1. The van der Waals surface area contributed by atoms with Crippen LogP contribution in [0.15, 0.2) is 18.3 Å². The fourth-order valence-electron chi connectivity index (χ4n) is 3.99. The van der Waals surface area contributed by atoms with Crippen molar-refractivity contribution in [3.8, 4) is 0 Å². The van der Waals surface area contributed by atoms with Gasteiger partial charge in [-0.25, -0.2) is 4.98 Å². The van der Waals surface area contributed by atoms with Crippen molar-refractivity contribution in [3.05, 3.63) is 29.6 Å². The minimum Gasteiger partial charge on any atom is -0.343 e. The lowest BCUT2D eigenvalue weighted by Gasteiger charge is -2.17. The van der Waals surface area contributed by atoms with Gasteiger partial charge in [0.25, 0.3) is 0 Å². The maximum Gasteiger partial charge on any atom is 0.137 e. The topological polar surface area (TPSA) is 31.9 Å². The summed E-state index contributed by atoms with van der Waals surface area (Å²) in [7, 11) is 0. The van der Waals surface area contributed by atoms with Crippen LogP contribution in [0.1, 0.15) is 55.7 Å². The van der Waals surface area contributed by atoms with Crippen LogP contribution in [0.3, 0.4) is 0 Å². The first-order valence-corrected chi connectivity index (χ1v) is 8.09. The Balaban J connectivity index is 1.75. The summed E-state index contributed by atoms with van der Waals surface area (Å²) in [5.41, 5.74) is 4.11. The monoisotopic (exact) mass is 269 g/mol. The number of rotatable bonds is 3. The Bertz CT molecular complexity index is 589. The first-order chi connectivity index (χ1) is 9.92. The smallest absolute Gasteiger partial charge is 0.137 e. The molecule has 3 heterocycles. The molecule has 2 aromatic heterocycles. The number of aromatic nitrogens is 2. The zero-order valence-electron chi connectivity index (χ0n) is 12.1. The molecular formula is C17H23N3. The third kappa shape index (κ3) is 2.14. The molecule has 2 aliphatic rings. The van der Waals surface area contributed by atoms with Crippen LogP contribution in [-0.2, 0) is 6.54 Å². The molecule has 20 heavy (non-hydrogen) atoms. The molecule has 1 aliphatic carbocycles. The molecule has 0 bridgehead atoms. The lowest BCUT2D eigenvalue weighted by Crippen LogP contribution is -2.19. The van der Waals surface area contributed by atoms with Crippen molar-refractivity contribution in [1.82, 2.24) is 14.9 Å². The number of H-pyrrole nitrogens is 1. The Hall–Kier alpha value is -1.35. The third-order valence-electron chi connectivity index (χ3n) is 5.05. The summed E-state index contributed by atoms with van der Waals surface area (Å²) in [6.07, 6.45) is 10.1. The number of aromatic amines is 1. The zero-order valence-corrected chi connectivity index (χ0v) is 12.1. The van der Waals surface area contributed by atoms with Gasteiger partial charge in [0.2, 0.25) is 0 Å². The van der Waals surface area contributed by atoms with Crippen LogP contribution in [0.4, 0.5) is 0 Å². The molecule has 3 nitrogen and oxygen atoms in total. The van der Waals surface area contributed by atoms with Crippen LogP contribution in [-0.4, -0.2) is 28.0 Å². The molecule has 4 rings (SSSR count). The summed E-state index contributed by atoms with van der Waals surface area (Å²) >= 11 is 0. The molecule has 0 unspecified atom stereocenters. The van der Waals surface area contributed by atoms with Gasteiger partial charge in [-0.1, -0.05) is 12.8 Å². The second-order valence-electron chi connectivity index (χ2n) is 6.38. The van der Waals surface area contributed by atoms with E-state index in [0.717, 1.165) is 18.1 Å². The molecule has 0 radical (unpaired) electrons. The average Bonchev–Trinajstić information content (AvgIpc) is 3.19. The normalized spacial score (nSPS) is 21.2. The number of nitrogens with zero attached hydrogens (tertiary/aromatic N) is 2. The molecule has 2 aromatic rings. The first-order valence-electron chi connectivity index (χ1n) is 8.09. The SMILES string of the molecule is c1cnc2[nH]c(C3CCCC3)c(CN3CCCC3)c2c1. The van der Waals surface area contributed by atoms with Crippen molar-refractivity contribution in [2.45, 2.75) is 51.0 Å². The fourth-order valence-corrected chi connectivity index (χ4v) is 3.99. The van der Waals surface area contributed by atoms with E-state index in [0.29, 0.717) is 0 Å². The predicted octanol–water partition coefficient (Wildman–Crippen LogP) is 3.82. The van der Waals surface area contributed by atoms with Crippen molar-refractivity contribution in [2.24, 2.45) is 0 Å². The van der Waals surface area contributed by atoms with Gasteiger partial charge in [0.1, 0.15) is 5.65 Å². The highest BCUT2D eigenvalue weighted by Gasteiger charge is 2.25. The van der Waals surface area contributed by atoms with E-state index in [1.54, 1.807) is 0 Å². The van der Waals surface area contributed by atoms with Crippen molar-refractivity contribution in [1.29, 1.82) is 0 Å². The van der Waals surface area contributed by atoms with E-state index in [9.17, 15) is 0 Å². The highest BCUT2D eigenvalue weighted by atomic mass is 15.1. The molecule has 2 fully saturated rings. The van der Waals surface area contributed by atoms with Gasteiger partial charge in [-0.2, -0.15) is 0 Å². The molecule has 106 valence electrons. The zero-order chi connectivity index (χ0) is 13.4. The third-order valence-corrected chi connectivity index (χ3v) is 5.05. The lowest BCUT2D eigenvalue weighted by atomic mass is 9.99. The second-order valence-corrected chi connectivity index (χ2v) is 6.38. The highest BCUT2D eigenvalue weighted by Crippen LogP contribution is 2.38. The van der Waals surface area contributed by atoms with E-state index in [4.69, 9.17) is 0 Å². The summed E-state index contributed by atoms with van der Waals surface area (Å²) in [6.45, 7) is 3.63. The Morgan fingerprint density at radius 3 is 2.75 bits per heavy atom. The van der Waals surface area contributed by atoms with Gasteiger partial charge < -0.3 is 4.98 Å². The molecule has 1 N–H and O–H groups in total. The molecule has 0 atom stereocenters. The summed E-state index contributed by atoms with van der Waals surface area (Å²) in [5.74, 6) is 0.738. The quantitative estimate of drug-likeness (QED) is 0.918. The summed E-state index contributed by atoms with van der Waals surface area (Å²) in [6, 6.07) is 4.31. The molecule has 1 aliphatic heterocycles. The maximum atomic E-state index is 4.53. The lowest BCUT2D eigenvalue weighted by molar-refractivity contribution is 0.330. The van der Waals surface area contributed by atoms with E-state index in [1.165, 1.54) is 68.3 Å². The first kappa shape index (κ1) is 12.4. The standard InChI is InChI=1S/C17H23N3/c1-2-7-13(6-1)16-15(12-20-10-3-4-11-20)14-8-5-9-18-17(14)19-16/h5,8-9,13H,1-4,6-7,10-12H2,(H,18,19). The maximum absolute atomic E-state index is 4.53. The van der Waals surface area contributed by atoms with Gasteiger partial charge in [-0.3, -0.25) is 4.90 Å². The second kappa shape index (κ2) is 5.21. The van der Waals surface area contributed by atoms with Crippen molar-refractivity contribution in [3.63, 3.8) is 0 Å². The average molecular weight is 269 g/mol. The fraction of sp³-hybridized carbons (Fsp3) is 0.588. The van der Waals surface area contributed by atoms with E-state index in [1.807, 2.05) is 6.20 Å². The van der Waals surface area contributed by atoms with Crippen LogP contribution in [0, 0.1) is 0 Å². The van der Waals surface area contributed by atoms with Gasteiger partial charge in [0, 0.05) is 23.8 Å². The molecule has 0 amide bonds. The van der Waals surface area contributed by atoms with E-state index >= 15 is 0 Å². The van der Waals surface area contributed by atoms with Crippen LogP contribution < -0.4 is 0 Å². The highest BCUT2D eigenvalue weighted by molar-refractivity contribution is 5.81. The van der Waals surface area contributed by atoms with Crippen LogP contribution in [0.2, 0.25) is 0 Å². The molecule has 0 spiro atoms. The number of pyridine rings is 1. The number of likely N-dealkylation sites (tertiary alicyclic amines) is 1. The number of hydrogen-bond donors (Lipinski definition) is 1. The van der Waals surface area contributed by atoms with Crippen molar-refractivity contribution >= 4 is 11.0 Å². The van der Waals surface area contributed by atoms with E-state index < -0.39 is 0 Å². The number of nitrogens with one attached hydrogen (secondary N) is 1. The molecule has 0 aromatic carbocycles. The van der Waals surface area contributed by atoms with Gasteiger partial charge in [-0.15, -0.1) is 0 Å². The van der Waals surface area contributed by atoms with Crippen LogP contribution in [0.25, 0.3) is 11.0 Å². The Labute approximate surface area is 120 Å². The van der Waals surface area contributed by atoms with Gasteiger partial charge in [0.05, 0.1) is 0 Å².